The molecule has 1 aromatic carbocycles. The highest BCUT2D eigenvalue weighted by molar-refractivity contribution is 7.98. The van der Waals surface area contributed by atoms with Gasteiger partial charge in [-0.2, -0.15) is 10.2 Å². The van der Waals surface area contributed by atoms with Gasteiger partial charge in [0.05, 0.1) is 11.6 Å². The number of nitriles is 1. The largest absolute Gasteiger partial charge is 0.368 e. The average molecular weight is 266 g/mol. The summed E-state index contributed by atoms with van der Waals surface area (Å²) in [6, 6.07) is 7.23. The fourth-order valence-electron chi connectivity index (χ4n) is 1.20. The van der Waals surface area contributed by atoms with Gasteiger partial charge in [-0.15, -0.1) is 5.10 Å². The Balaban J connectivity index is 2.07. The van der Waals surface area contributed by atoms with Crippen LogP contribution in [0.1, 0.15) is 11.1 Å². The molecule has 3 N–H and O–H groups in total. The van der Waals surface area contributed by atoms with Crippen molar-refractivity contribution in [3.8, 4) is 6.07 Å². The first kappa shape index (κ1) is 11.8. The van der Waals surface area contributed by atoms with Crippen LogP contribution in [0, 0.1) is 11.3 Å². The van der Waals surface area contributed by atoms with E-state index in [2.05, 4.69) is 15.2 Å². The number of nitrogens with two attached hydrogens (primary N) is 1. The van der Waals surface area contributed by atoms with Crippen molar-refractivity contribution < 1.29 is 0 Å². The number of nitrogens with one attached hydrogen (secondary N) is 1. The first-order valence-corrected chi connectivity index (χ1v) is 6.04. The molecule has 0 amide bonds. The minimum absolute atomic E-state index is 0.290. The number of anilines is 1. The maximum atomic E-state index is 8.71. The number of halogens is 1. The number of rotatable bonds is 3. The molecule has 0 saturated heterocycles. The molecule has 0 aliphatic carbocycles. The summed E-state index contributed by atoms with van der Waals surface area (Å²) < 4.78 is 0. The van der Waals surface area contributed by atoms with E-state index in [9.17, 15) is 0 Å². The van der Waals surface area contributed by atoms with Gasteiger partial charge < -0.3 is 5.73 Å². The summed E-state index contributed by atoms with van der Waals surface area (Å²) in [5.41, 5.74) is 6.89. The van der Waals surface area contributed by atoms with E-state index in [-0.39, 0.29) is 0 Å². The number of nitrogen functional groups attached to an aromatic ring is 1. The Morgan fingerprint density at radius 3 is 2.94 bits per heavy atom. The van der Waals surface area contributed by atoms with Gasteiger partial charge in [0.15, 0.2) is 0 Å². The lowest BCUT2D eigenvalue weighted by Gasteiger charge is -2.02. The van der Waals surface area contributed by atoms with Gasteiger partial charge in [0, 0.05) is 10.8 Å². The van der Waals surface area contributed by atoms with Crippen LogP contribution < -0.4 is 5.73 Å². The third kappa shape index (κ3) is 2.90. The van der Waals surface area contributed by atoms with Gasteiger partial charge in [-0.25, -0.2) is 5.10 Å². The quantitative estimate of drug-likeness (QED) is 0.830. The fourth-order valence-corrected chi connectivity index (χ4v) is 2.33. The molecule has 0 aliphatic rings. The molecule has 0 saturated carbocycles. The lowest BCUT2D eigenvalue weighted by Crippen LogP contribution is -1.86. The van der Waals surface area contributed by atoms with E-state index in [1.807, 2.05) is 12.1 Å². The highest BCUT2D eigenvalue weighted by Crippen LogP contribution is 2.25. The molecule has 2 aromatic rings. The summed E-state index contributed by atoms with van der Waals surface area (Å²) in [6.45, 7) is 0. The topological polar surface area (TPSA) is 91.4 Å². The maximum absolute atomic E-state index is 8.71. The van der Waals surface area contributed by atoms with Crippen molar-refractivity contribution >= 4 is 29.3 Å². The number of aromatic nitrogens is 3. The summed E-state index contributed by atoms with van der Waals surface area (Å²) in [4.78, 5) is 3.97. The molecule has 7 heteroatoms. The van der Waals surface area contributed by atoms with E-state index >= 15 is 0 Å². The Kier molecular flexibility index (Phi) is 3.52. The molecule has 0 spiro atoms. The molecule has 1 heterocycles. The highest BCUT2D eigenvalue weighted by atomic mass is 35.5. The molecule has 17 heavy (non-hydrogen) atoms. The zero-order valence-electron chi connectivity index (χ0n) is 8.64. The van der Waals surface area contributed by atoms with E-state index in [0.717, 1.165) is 5.56 Å². The molecule has 0 atom stereocenters. The van der Waals surface area contributed by atoms with Crippen LogP contribution in [0.25, 0.3) is 0 Å². The minimum Gasteiger partial charge on any atom is -0.368 e. The van der Waals surface area contributed by atoms with Gasteiger partial charge in [-0.1, -0.05) is 29.4 Å². The zero-order valence-corrected chi connectivity index (χ0v) is 10.2. The van der Waals surface area contributed by atoms with Crippen molar-refractivity contribution in [1.82, 2.24) is 15.2 Å². The first-order valence-electron chi connectivity index (χ1n) is 4.68. The summed E-state index contributed by atoms with van der Waals surface area (Å²) in [7, 11) is 0. The Morgan fingerprint density at radius 1 is 1.53 bits per heavy atom. The van der Waals surface area contributed by atoms with Gasteiger partial charge in [0.1, 0.15) is 0 Å². The molecule has 0 bridgehead atoms. The average Bonchev–Trinajstić information content (AvgIpc) is 2.73. The summed E-state index contributed by atoms with van der Waals surface area (Å²) in [5.74, 6) is 0.917. The number of thioether (sulfide) groups is 1. The summed E-state index contributed by atoms with van der Waals surface area (Å²) >= 11 is 7.46. The number of nitrogens with zero attached hydrogens (tertiary/aromatic N) is 3. The predicted molar refractivity (Wildman–Crippen MR) is 66.5 cm³/mol. The molecule has 5 nitrogen and oxygen atoms in total. The number of hydrogen-bond donors (Lipinski definition) is 2. The lowest BCUT2D eigenvalue weighted by molar-refractivity contribution is 0.973. The molecular weight excluding hydrogens is 258 g/mol. The van der Waals surface area contributed by atoms with Gasteiger partial charge in [0.25, 0.3) is 0 Å². The normalized spacial score (nSPS) is 10.1. The van der Waals surface area contributed by atoms with Crippen LogP contribution in [0.5, 0.6) is 0 Å². The fraction of sp³-hybridized carbons (Fsp3) is 0.100. The molecule has 0 unspecified atom stereocenters. The van der Waals surface area contributed by atoms with Gasteiger partial charge >= 0.3 is 0 Å². The van der Waals surface area contributed by atoms with E-state index in [0.29, 0.717) is 27.4 Å². The lowest BCUT2D eigenvalue weighted by atomic mass is 10.2. The van der Waals surface area contributed by atoms with Gasteiger partial charge in [0.2, 0.25) is 11.1 Å². The van der Waals surface area contributed by atoms with Crippen LogP contribution >= 0.6 is 23.4 Å². The van der Waals surface area contributed by atoms with Crippen LogP contribution in [0.15, 0.2) is 23.4 Å². The molecule has 0 radical (unpaired) electrons. The van der Waals surface area contributed by atoms with E-state index in [1.54, 1.807) is 12.1 Å². The van der Waals surface area contributed by atoms with Gasteiger partial charge in [-0.3, -0.25) is 0 Å². The Hall–Kier alpha value is -1.71. The van der Waals surface area contributed by atoms with Crippen LogP contribution in [0.3, 0.4) is 0 Å². The van der Waals surface area contributed by atoms with Crippen LogP contribution in [0.2, 0.25) is 5.02 Å². The monoisotopic (exact) mass is 265 g/mol. The zero-order chi connectivity index (χ0) is 12.3. The van der Waals surface area contributed by atoms with Crippen molar-refractivity contribution in [2.24, 2.45) is 0 Å². The van der Waals surface area contributed by atoms with Crippen molar-refractivity contribution in [3.05, 3.63) is 34.3 Å². The second kappa shape index (κ2) is 5.08. The Labute approximate surface area is 107 Å². The minimum atomic E-state index is 0.290. The number of hydrogen-bond acceptors (Lipinski definition) is 5. The van der Waals surface area contributed by atoms with Crippen molar-refractivity contribution in [2.45, 2.75) is 10.9 Å². The van der Waals surface area contributed by atoms with E-state index < -0.39 is 0 Å². The maximum Gasteiger partial charge on any atom is 0.216 e. The molecule has 0 fully saturated rings. The van der Waals surface area contributed by atoms with Gasteiger partial charge in [-0.05, 0) is 17.7 Å². The third-order valence-corrected chi connectivity index (χ3v) is 3.27. The molecule has 2 rings (SSSR count). The second-order valence-electron chi connectivity index (χ2n) is 3.21. The standard InChI is InChI=1S/C10H8ClN5S/c11-8-3-6(4-12)1-2-7(8)5-17-10-14-9(13)15-16-10/h1-3H,5H2,(H3,13,14,15,16). The highest BCUT2D eigenvalue weighted by Gasteiger charge is 2.05. The SMILES string of the molecule is N#Cc1ccc(CSc2n[nH]c(N)n2)c(Cl)c1. The molecular formula is C10H8ClN5S. The van der Waals surface area contributed by atoms with Crippen molar-refractivity contribution in [2.75, 3.05) is 5.73 Å². The van der Waals surface area contributed by atoms with Crippen LogP contribution in [-0.4, -0.2) is 15.2 Å². The van der Waals surface area contributed by atoms with Crippen molar-refractivity contribution in [3.63, 3.8) is 0 Å². The predicted octanol–water partition coefficient (Wildman–Crippen LogP) is 2.20. The number of aromatic amines is 1. The van der Waals surface area contributed by atoms with E-state index in [1.165, 1.54) is 11.8 Å². The number of benzene rings is 1. The van der Waals surface area contributed by atoms with Crippen LogP contribution in [0.4, 0.5) is 5.95 Å². The summed E-state index contributed by atoms with van der Waals surface area (Å²) in [6.07, 6.45) is 0. The Bertz CT molecular complexity index is 574. The smallest absolute Gasteiger partial charge is 0.216 e. The van der Waals surface area contributed by atoms with E-state index in [4.69, 9.17) is 22.6 Å². The third-order valence-electron chi connectivity index (χ3n) is 2.02. The Morgan fingerprint density at radius 2 is 2.35 bits per heavy atom. The molecule has 1 aromatic heterocycles. The molecule has 86 valence electrons. The van der Waals surface area contributed by atoms with Crippen molar-refractivity contribution in [1.29, 1.82) is 5.26 Å². The first-order chi connectivity index (χ1) is 8.19. The van der Waals surface area contributed by atoms with Crippen LogP contribution in [-0.2, 0) is 5.75 Å². The number of H-pyrrole nitrogens is 1. The summed E-state index contributed by atoms with van der Waals surface area (Å²) in [5, 5.41) is 16.3. The molecule has 0 aliphatic heterocycles. The second-order valence-corrected chi connectivity index (χ2v) is 4.56.